The highest BCUT2D eigenvalue weighted by Gasteiger charge is 2.21. The van der Waals surface area contributed by atoms with Crippen molar-refractivity contribution >= 4 is 11.8 Å². The number of carbonyl (C=O) groups is 2. The first-order chi connectivity index (χ1) is 12.2. The highest BCUT2D eigenvalue weighted by Crippen LogP contribution is 2.18. The Balaban J connectivity index is 1.66. The van der Waals surface area contributed by atoms with Crippen LogP contribution < -0.4 is 10.6 Å². The van der Waals surface area contributed by atoms with Gasteiger partial charge in [-0.2, -0.15) is 0 Å². The van der Waals surface area contributed by atoms with Crippen molar-refractivity contribution in [2.75, 3.05) is 26.2 Å². The molecule has 0 radical (unpaired) electrons. The summed E-state index contributed by atoms with van der Waals surface area (Å²) < 4.78 is 0. The number of rotatable bonds is 6. The van der Waals surface area contributed by atoms with E-state index in [0.717, 1.165) is 12.0 Å². The van der Waals surface area contributed by atoms with E-state index >= 15 is 0 Å². The van der Waals surface area contributed by atoms with Gasteiger partial charge in [-0.15, -0.1) is 0 Å². The normalized spacial score (nSPS) is 16.1. The van der Waals surface area contributed by atoms with Gasteiger partial charge in [-0.1, -0.05) is 60.7 Å². The van der Waals surface area contributed by atoms with Crippen LogP contribution in [0.3, 0.4) is 0 Å². The van der Waals surface area contributed by atoms with Crippen LogP contribution >= 0.6 is 0 Å². The second-order valence-corrected chi connectivity index (χ2v) is 6.28. The van der Waals surface area contributed by atoms with Gasteiger partial charge in [0.15, 0.2) is 0 Å². The minimum absolute atomic E-state index is 0.0251. The number of hydrogen-bond acceptors (Lipinski definition) is 3. The Morgan fingerprint density at radius 1 is 1.08 bits per heavy atom. The molecular formula is C20H23N3O2. The highest BCUT2D eigenvalue weighted by molar-refractivity contribution is 5.82. The molecule has 1 aliphatic rings. The second kappa shape index (κ2) is 8.44. The number of hydrogen-bond donors (Lipinski definition) is 2. The quantitative estimate of drug-likeness (QED) is 0.840. The molecule has 0 bridgehead atoms. The van der Waals surface area contributed by atoms with Crippen LogP contribution in [0.1, 0.15) is 17.2 Å². The van der Waals surface area contributed by atoms with Crippen LogP contribution in [0.15, 0.2) is 60.7 Å². The van der Waals surface area contributed by atoms with Crippen molar-refractivity contribution in [3.63, 3.8) is 0 Å². The summed E-state index contributed by atoms with van der Waals surface area (Å²) in [7, 11) is 0. The van der Waals surface area contributed by atoms with E-state index in [0.29, 0.717) is 13.1 Å². The summed E-state index contributed by atoms with van der Waals surface area (Å²) >= 11 is 0. The molecule has 0 saturated carbocycles. The molecule has 5 heteroatoms. The molecule has 2 amide bonds. The molecule has 0 aliphatic carbocycles. The van der Waals surface area contributed by atoms with Crippen LogP contribution in [0.4, 0.5) is 0 Å². The topological polar surface area (TPSA) is 61.4 Å². The van der Waals surface area contributed by atoms with Gasteiger partial charge >= 0.3 is 0 Å². The summed E-state index contributed by atoms with van der Waals surface area (Å²) in [6.45, 7) is 1.82. The van der Waals surface area contributed by atoms with Crippen molar-refractivity contribution in [2.24, 2.45) is 0 Å². The van der Waals surface area contributed by atoms with Crippen molar-refractivity contribution in [2.45, 2.75) is 12.5 Å². The summed E-state index contributed by atoms with van der Waals surface area (Å²) in [6.07, 6.45) is 0.733. The van der Waals surface area contributed by atoms with E-state index in [1.807, 2.05) is 53.4 Å². The second-order valence-electron chi connectivity index (χ2n) is 6.28. The molecule has 3 rings (SSSR count). The largest absolute Gasteiger partial charge is 0.354 e. The van der Waals surface area contributed by atoms with Crippen LogP contribution in [0, 0.1) is 0 Å². The molecular weight excluding hydrogens is 314 g/mol. The predicted molar refractivity (Wildman–Crippen MR) is 96.9 cm³/mol. The fourth-order valence-corrected chi connectivity index (χ4v) is 3.06. The number of amides is 2. The van der Waals surface area contributed by atoms with E-state index in [-0.39, 0.29) is 30.9 Å². The third-order valence-corrected chi connectivity index (χ3v) is 4.30. The summed E-state index contributed by atoms with van der Waals surface area (Å²) in [6, 6.07) is 20.0. The number of piperazine rings is 1. The Kier molecular flexibility index (Phi) is 5.80. The lowest BCUT2D eigenvalue weighted by molar-refractivity contribution is -0.127. The minimum Gasteiger partial charge on any atom is -0.354 e. The van der Waals surface area contributed by atoms with Crippen LogP contribution in [0.25, 0.3) is 0 Å². The summed E-state index contributed by atoms with van der Waals surface area (Å²) in [5, 5.41) is 5.90. The Morgan fingerprint density at radius 3 is 2.44 bits per heavy atom. The molecule has 0 aromatic heterocycles. The first-order valence-electron chi connectivity index (χ1n) is 8.58. The van der Waals surface area contributed by atoms with Crippen molar-refractivity contribution < 1.29 is 9.59 Å². The summed E-state index contributed by atoms with van der Waals surface area (Å²) in [5.74, 6) is -0.0811. The molecule has 25 heavy (non-hydrogen) atoms. The fraction of sp³-hybridized carbons (Fsp3) is 0.300. The zero-order valence-electron chi connectivity index (χ0n) is 14.2. The lowest BCUT2D eigenvalue weighted by atomic mass is 9.99. The van der Waals surface area contributed by atoms with Crippen molar-refractivity contribution in [1.82, 2.24) is 15.5 Å². The van der Waals surface area contributed by atoms with E-state index in [1.165, 1.54) is 5.56 Å². The molecule has 1 aliphatic heterocycles. The average Bonchev–Trinajstić information content (AvgIpc) is 2.63. The van der Waals surface area contributed by atoms with Crippen molar-refractivity contribution in [1.29, 1.82) is 0 Å². The minimum atomic E-state index is -0.0882. The molecule has 2 aromatic rings. The van der Waals surface area contributed by atoms with Gasteiger partial charge < -0.3 is 10.6 Å². The average molecular weight is 337 g/mol. The molecule has 1 fully saturated rings. The van der Waals surface area contributed by atoms with Crippen molar-refractivity contribution in [3.05, 3.63) is 71.8 Å². The SMILES string of the molecule is O=C1CN(CC(=O)N[C@@H](Cc2ccccc2)c2ccccc2)CCN1. The Labute approximate surface area is 148 Å². The van der Waals surface area contributed by atoms with Crippen LogP contribution in [0.5, 0.6) is 0 Å². The van der Waals surface area contributed by atoms with E-state index < -0.39 is 0 Å². The van der Waals surface area contributed by atoms with Gasteiger partial charge in [-0.25, -0.2) is 0 Å². The third kappa shape index (κ3) is 5.16. The molecule has 2 aromatic carbocycles. The molecule has 0 spiro atoms. The first-order valence-corrected chi connectivity index (χ1v) is 8.58. The maximum atomic E-state index is 12.5. The number of carbonyl (C=O) groups excluding carboxylic acids is 2. The molecule has 0 unspecified atom stereocenters. The predicted octanol–water partition coefficient (Wildman–Crippen LogP) is 1.52. The van der Waals surface area contributed by atoms with Crippen LogP contribution in [-0.4, -0.2) is 42.9 Å². The van der Waals surface area contributed by atoms with E-state index in [9.17, 15) is 9.59 Å². The van der Waals surface area contributed by atoms with E-state index in [4.69, 9.17) is 0 Å². The fourth-order valence-electron chi connectivity index (χ4n) is 3.06. The zero-order chi connectivity index (χ0) is 17.5. The Bertz CT molecular complexity index is 703. The van der Waals surface area contributed by atoms with Gasteiger partial charge in [0.1, 0.15) is 0 Å². The smallest absolute Gasteiger partial charge is 0.234 e. The maximum absolute atomic E-state index is 12.5. The molecule has 2 N–H and O–H groups in total. The van der Waals surface area contributed by atoms with Gasteiger partial charge in [-0.05, 0) is 17.5 Å². The highest BCUT2D eigenvalue weighted by atomic mass is 16.2. The number of nitrogens with zero attached hydrogens (tertiary/aromatic N) is 1. The monoisotopic (exact) mass is 337 g/mol. The van der Waals surface area contributed by atoms with Crippen molar-refractivity contribution in [3.8, 4) is 0 Å². The molecule has 1 heterocycles. The first kappa shape index (κ1) is 17.2. The zero-order valence-corrected chi connectivity index (χ0v) is 14.2. The lowest BCUT2D eigenvalue weighted by Crippen LogP contribution is -2.50. The van der Waals surface area contributed by atoms with Gasteiger partial charge in [0.25, 0.3) is 0 Å². The Hall–Kier alpha value is -2.66. The summed E-state index contributed by atoms with van der Waals surface area (Å²) in [5.41, 5.74) is 2.25. The standard InChI is InChI=1S/C20H23N3O2/c24-19-14-23(12-11-21-19)15-20(25)22-18(17-9-5-2-6-10-17)13-16-7-3-1-4-8-16/h1-10,18H,11-15H2,(H,21,24)(H,22,25)/t18-/m0/s1. The van der Waals surface area contributed by atoms with Crippen LogP contribution in [-0.2, 0) is 16.0 Å². The van der Waals surface area contributed by atoms with E-state index in [2.05, 4.69) is 22.8 Å². The molecule has 5 nitrogen and oxygen atoms in total. The van der Waals surface area contributed by atoms with Gasteiger partial charge in [0, 0.05) is 13.1 Å². The van der Waals surface area contributed by atoms with Crippen LogP contribution in [0.2, 0.25) is 0 Å². The molecule has 130 valence electrons. The maximum Gasteiger partial charge on any atom is 0.234 e. The van der Waals surface area contributed by atoms with Gasteiger partial charge in [0.2, 0.25) is 11.8 Å². The molecule has 1 saturated heterocycles. The lowest BCUT2D eigenvalue weighted by Gasteiger charge is -2.27. The number of benzene rings is 2. The summed E-state index contributed by atoms with van der Waals surface area (Å²) in [4.78, 5) is 25.8. The number of nitrogens with one attached hydrogen (secondary N) is 2. The third-order valence-electron chi connectivity index (χ3n) is 4.30. The molecule has 1 atom stereocenters. The van der Waals surface area contributed by atoms with Gasteiger partial charge in [-0.3, -0.25) is 14.5 Å². The van der Waals surface area contributed by atoms with E-state index in [1.54, 1.807) is 0 Å². The Morgan fingerprint density at radius 2 is 1.76 bits per heavy atom. The van der Waals surface area contributed by atoms with Gasteiger partial charge in [0.05, 0.1) is 19.1 Å².